The van der Waals surface area contributed by atoms with E-state index in [-0.39, 0.29) is 0 Å². The van der Waals surface area contributed by atoms with E-state index in [1.807, 2.05) is 74.5 Å². The molecule has 2 aliphatic heterocycles. The molecule has 6 nitrogen and oxygen atoms in total. The topological polar surface area (TPSA) is 74.2 Å². The molecule has 2 heterocycles. The third-order valence-corrected chi connectivity index (χ3v) is 5.71. The van der Waals surface area contributed by atoms with Crippen molar-refractivity contribution in [2.24, 2.45) is 0 Å². The van der Waals surface area contributed by atoms with Gasteiger partial charge in [-0.2, -0.15) is 0 Å². The number of nitrogens with zero attached hydrogens (tertiary/aromatic N) is 1. The molecule has 0 aliphatic carbocycles. The van der Waals surface area contributed by atoms with E-state index in [9.17, 15) is 5.11 Å². The first-order valence-electron chi connectivity index (χ1n) is 11.6. The van der Waals surface area contributed by atoms with Gasteiger partial charge in [0.05, 0.1) is 17.8 Å². The molecule has 2 atom stereocenters. The zero-order valence-corrected chi connectivity index (χ0v) is 21.5. The van der Waals surface area contributed by atoms with Gasteiger partial charge in [0, 0.05) is 31.5 Å². The number of nitrogens with one attached hydrogen (secondary N) is 1. The lowest BCUT2D eigenvalue weighted by Crippen LogP contribution is -2.32. The zero-order valence-electron chi connectivity index (χ0n) is 19.9. The smallest absolute Gasteiger partial charge is 0.119 e. The Hall–Kier alpha value is -1.64. The minimum absolute atomic E-state index is 0.417. The number of β-amino-alcohol motifs (C(OH)–C–C–N with tert-alkyl or cyclic N) is 2. The van der Waals surface area contributed by atoms with Crippen molar-refractivity contribution in [2.75, 3.05) is 51.3 Å². The fourth-order valence-corrected chi connectivity index (χ4v) is 3.68. The van der Waals surface area contributed by atoms with Gasteiger partial charge < -0.3 is 25.0 Å². The summed E-state index contributed by atoms with van der Waals surface area (Å²) >= 11 is 3.28. The maximum atomic E-state index is 9.80. The Morgan fingerprint density at radius 3 is 1.85 bits per heavy atom. The van der Waals surface area contributed by atoms with Crippen LogP contribution >= 0.6 is 15.9 Å². The predicted molar refractivity (Wildman–Crippen MR) is 137 cm³/mol. The summed E-state index contributed by atoms with van der Waals surface area (Å²) in [6, 6.07) is 19.6. The lowest BCUT2D eigenvalue weighted by Gasteiger charge is -2.18. The van der Waals surface area contributed by atoms with E-state index in [4.69, 9.17) is 14.6 Å². The van der Waals surface area contributed by atoms with Crippen LogP contribution in [0.5, 0.6) is 11.5 Å². The molecule has 33 heavy (non-hydrogen) atoms. The third kappa shape index (κ3) is 12.4. The average molecular weight is 524 g/mol. The molecule has 2 aromatic carbocycles. The minimum Gasteiger partial charge on any atom is -0.493 e. The Morgan fingerprint density at radius 2 is 1.45 bits per heavy atom. The van der Waals surface area contributed by atoms with Gasteiger partial charge >= 0.3 is 0 Å². The fraction of sp³-hybridized carbons (Fsp3) is 0.538. The van der Waals surface area contributed by atoms with Gasteiger partial charge in [0.1, 0.15) is 18.1 Å². The van der Waals surface area contributed by atoms with Crippen molar-refractivity contribution < 1.29 is 19.7 Å². The normalized spacial score (nSPS) is 24.3. The van der Waals surface area contributed by atoms with Gasteiger partial charge in [-0.3, -0.25) is 4.90 Å². The number of aliphatic hydroxyl groups is 2. The summed E-state index contributed by atoms with van der Waals surface area (Å²) in [5.41, 5.74) is -0.924. The van der Waals surface area contributed by atoms with Crippen molar-refractivity contribution in [2.45, 2.75) is 37.9 Å². The lowest BCUT2D eigenvalue weighted by molar-refractivity contribution is 0.0670. The van der Waals surface area contributed by atoms with Crippen LogP contribution < -0.4 is 14.8 Å². The number of hydrogen-bond donors (Lipinski definition) is 3. The van der Waals surface area contributed by atoms with E-state index in [0.29, 0.717) is 6.61 Å². The molecule has 0 spiro atoms. The van der Waals surface area contributed by atoms with Gasteiger partial charge in [-0.25, -0.2) is 0 Å². The van der Waals surface area contributed by atoms with E-state index >= 15 is 0 Å². The van der Waals surface area contributed by atoms with Gasteiger partial charge in [0.2, 0.25) is 0 Å². The number of halogens is 1. The molecule has 2 aromatic rings. The van der Waals surface area contributed by atoms with Crippen molar-refractivity contribution >= 4 is 15.9 Å². The zero-order chi connectivity index (χ0) is 24.0. The quantitative estimate of drug-likeness (QED) is 0.481. The largest absolute Gasteiger partial charge is 0.493 e. The van der Waals surface area contributed by atoms with Crippen LogP contribution in [0, 0.1) is 0 Å². The summed E-state index contributed by atoms with van der Waals surface area (Å²) in [5, 5.41) is 22.9. The summed E-state index contributed by atoms with van der Waals surface area (Å²) in [6.45, 7) is 9.48. The number of ether oxygens (including phenoxy) is 2. The lowest BCUT2D eigenvalue weighted by atomic mass is 10.1. The molecule has 7 heteroatoms. The van der Waals surface area contributed by atoms with Crippen LogP contribution in [-0.2, 0) is 0 Å². The minimum atomic E-state index is -0.507. The molecule has 3 N–H and O–H groups in total. The van der Waals surface area contributed by atoms with Crippen molar-refractivity contribution in [1.29, 1.82) is 0 Å². The predicted octanol–water partition coefficient (Wildman–Crippen LogP) is 3.71. The molecule has 0 aromatic heterocycles. The highest BCUT2D eigenvalue weighted by Gasteiger charge is 2.30. The van der Waals surface area contributed by atoms with Crippen LogP contribution in [0.4, 0.5) is 0 Å². The first kappa shape index (κ1) is 27.6. The molecule has 2 unspecified atom stereocenters. The first-order valence-corrected chi connectivity index (χ1v) is 12.7. The summed E-state index contributed by atoms with van der Waals surface area (Å²) in [7, 11) is 0. The fourth-order valence-electron chi connectivity index (χ4n) is 3.52. The third-order valence-electron chi connectivity index (χ3n) is 5.39. The molecule has 0 saturated carbocycles. The maximum absolute atomic E-state index is 9.80. The Labute approximate surface area is 207 Å². The molecule has 2 fully saturated rings. The van der Waals surface area contributed by atoms with Crippen LogP contribution in [-0.4, -0.2) is 77.6 Å². The van der Waals surface area contributed by atoms with Crippen LogP contribution in [0.3, 0.4) is 0 Å². The van der Waals surface area contributed by atoms with Crippen molar-refractivity contribution in [3.8, 4) is 11.5 Å². The summed E-state index contributed by atoms with van der Waals surface area (Å²) in [6.07, 6.45) is 1.76. The Kier molecular flexibility index (Phi) is 12.2. The highest BCUT2D eigenvalue weighted by molar-refractivity contribution is 9.09. The summed E-state index contributed by atoms with van der Waals surface area (Å²) in [5.74, 6) is 1.84. The number of benzene rings is 2. The molecule has 2 saturated heterocycles. The molecule has 0 radical (unpaired) electrons. The standard InChI is InChI=1S/C13H19NO2.C8H9BrO.C5H11NO/c1-13(15)7-8-14(11-13)9-10-16-12-5-3-2-4-6-12;9-6-7-10-8-4-2-1-3-5-8;1-5(7)2-3-6-4-5/h2-6,15H,7-11H2,1H3;1-5H,6-7H2;6-7H,2-4H2,1H3. The van der Waals surface area contributed by atoms with Gasteiger partial charge in [-0.05, 0) is 57.5 Å². The number of likely N-dealkylation sites (tertiary alicyclic amines) is 1. The molecule has 184 valence electrons. The number of rotatable bonds is 7. The second kappa shape index (κ2) is 14.6. The number of hydrogen-bond acceptors (Lipinski definition) is 6. The number of alkyl halides is 1. The van der Waals surface area contributed by atoms with Crippen molar-refractivity contribution in [1.82, 2.24) is 10.2 Å². The van der Waals surface area contributed by atoms with E-state index in [0.717, 1.165) is 69.0 Å². The van der Waals surface area contributed by atoms with Gasteiger partial charge in [0.25, 0.3) is 0 Å². The van der Waals surface area contributed by atoms with E-state index < -0.39 is 11.2 Å². The Bertz CT molecular complexity index is 751. The second-order valence-electron chi connectivity index (χ2n) is 8.96. The average Bonchev–Trinajstić information content (AvgIpc) is 3.38. The Balaban J connectivity index is 0.000000193. The van der Waals surface area contributed by atoms with Crippen LogP contribution in [0.2, 0.25) is 0 Å². The molecular formula is C26H39BrN2O4. The molecular weight excluding hydrogens is 484 g/mol. The van der Waals surface area contributed by atoms with Crippen LogP contribution in [0.1, 0.15) is 26.7 Å². The highest BCUT2D eigenvalue weighted by Crippen LogP contribution is 2.19. The first-order chi connectivity index (χ1) is 15.8. The molecule has 4 rings (SSSR count). The van der Waals surface area contributed by atoms with Crippen LogP contribution in [0.15, 0.2) is 60.7 Å². The van der Waals surface area contributed by atoms with Crippen LogP contribution in [0.25, 0.3) is 0 Å². The molecule has 2 aliphatic rings. The van der Waals surface area contributed by atoms with Crippen molar-refractivity contribution in [3.05, 3.63) is 60.7 Å². The maximum Gasteiger partial charge on any atom is 0.119 e. The summed E-state index contributed by atoms with van der Waals surface area (Å²) in [4.78, 5) is 2.24. The SMILES string of the molecule is BrCCOc1ccccc1.CC1(O)CCN(CCOc2ccccc2)C1.CC1(O)CCNC1. The monoisotopic (exact) mass is 522 g/mol. The van der Waals surface area contributed by atoms with Gasteiger partial charge in [-0.15, -0.1) is 0 Å². The van der Waals surface area contributed by atoms with Gasteiger partial charge in [-0.1, -0.05) is 52.3 Å². The second-order valence-corrected chi connectivity index (χ2v) is 9.75. The van der Waals surface area contributed by atoms with E-state index in [1.165, 1.54) is 0 Å². The van der Waals surface area contributed by atoms with E-state index in [1.54, 1.807) is 0 Å². The summed E-state index contributed by atoms with van der Waals surface area (Å²) < 4.78 is 10.9. The molecule has 0 bridgehead atoms. The number of para-hydroxylation sites is 2. The Morgan fingerprint density at radius 1 is 0.879 bits per heavy atom. The van der Waals surface area contributed by atoms with E-state index in [2.05, 4.69) is 26.1 Å². The highest BCUT2D eigenvalue weighted by atomic mass is 79.9. The van der Waals surface area contributed by atoms with Crippen molar-refractivity contribution in [3.63, 3.8) is 0 Å². The molecule has 0 amide bonds. The van der Waals surface area contributed by atoms with Gasteiger partial charge in [0.15, 0.2) is 0 Å².